The summed E-state index contributed by atoms with van der Waals surface area (Å²) < 4.78 is 0. The molecule has 0 saturated carbocycles. The molecule has 1 aromatic carbocycles. The van der Waals surface area contributed by atoms with Gasteiger partial charge in [0.1, 0.15) is 5.78 Å². The van der Waals surface area contributed by atoms with E-state index in [0.29, 0.717) is 30.8 Å². The molecule has 1 amide bonds. The van der Waals surface area contributed by atoms with Crippen LogP contribution in [0.3, 0.4) is 0 Å². The second-order valence-corrected chi connectivity index (χ2v) is 6.12. The highest BCUT2D eigenvalue weighted by Crippen LogP contribution is 2.11. The molecule has 0 radical (unpaired) electrons. The van der Waals surface area contributed by atoms with Crippen molar-refractivity contribution in [1.29, 1.82) is 0 Å². The van der Waals surface area contributed by atoms with Crippen LogP contribution in [0.2, 0.25) is 0 Å². The summed E-state index contributed by atoms with van der Waals surface area (Å²) in [6.45, 7) is 2.12. The second-order valence-electron chi connectivity index (χ2n) is 6.12. The largest absolute Gasteiger partial charge is 0.379 e. The number of aromatic amines is 1. The molecule has 0 spiro atoms. The summed E-state index contributed by atoms with van der Waals surface area (Å²) in [6, 6.07) is 6.86. The Morgan fingerprint density at radius 1 is 1.18 bits per heavy atom. The van der Waals surface area contributed by atoms with Gasteiger partial charge in [-0.05, 0) is 31.2 Å². The third-order valence-electron chi connectivity index (χ3n) is 3.87. The molecule has 28 heavy (non-hydrogen) atoms. The van der Waals surface area contributed by atoms with Crippen LogP contribution in [-0.4, -0.2) is 38.2 Å². The van der Waals surface area contributed by atoms with Crippen LogP contribution in [0.15, 0.2) is 35.3 Å². The van der Waals surface area contributed by atoms with Gasteiger partial charge in [-0.2, -0.15) is 4.98 Å². The molecule has 2 heterocycles. The maximum absolute atomic E-state index is 12.0. The van der Waals surface area contributed by atoms with Crippen LogP contribution in [0, 0.1) is 0 Å². The lowest BCUT2D eigenvalue weighted by atomic mass is 10.2. The molecular formula is C18H19N7O3. The number of aromatic nitrogens is 4. The van der Waals surface area contributed by atoms with E-state index in [1.807, 2.05) is 0 Å². The van der Waals surface area contributed by atoms with E-state index >= 15 is 0 Å². The van der Waals surface area contributed by atoms with Crippen molar-refractivity contribution in [2.75, 3.05) is 17.6 Å². The molecule has 2 aromatic heterocycles. The van der Waals surface area contributed by atoms with Crippen molar-refractivity contribution in [3.05, 3.63) is 52.1 Å². The summed E-state index contributed by atoms with van der Waals surface area (Å²) >= 11 is 0. The first-order chi connectivity index (χ1) is 13.4. The van der Waals surface area contributed by atoms with Gasteiger partial charge >= 0.3 is 0 Å². The van der Waals surface area contributed by atoms with Gasteiger partial charge in [0.25, 0.3) is 11.5 Å². The minimum absolute atomic E-state index is 0.0110. The van der Waals surface area contributed by atoms with Crippen LogP contribution in [0.4, 0.5) is 11.6 Å². The van der Waals surface area contributed by atoms with Crippen molar-refractivity contribution >= 4 is 34.5 Å². The lowest BCUT2D eigenvalue weighted by Crippen LogP contribution is -2.25. The molecule has 144 valence electrons. The molecule has 0 fully saturated rings. The van der Waals surface area contributed by atoms with Crippen molar-refractivity contribution < 1.29 is 9.59 Å². The quantitative estimate of drug-likeness (QED) is 0.464. The Hall–Kier alpha value is -3.82. The summed E-state index contributed by atoms with van der Waals surface area (Å²) in [4.78, 5) is 49.4. The Balaban J connectivity index is 1.62. The highest BCUT2D eigenvalue weighted by atomic mass is 16.2. The normalized spacial score (nSPS) is 10.6. The minimum Gasteiger partial charge on any atom is -0.379 e. The Kier molecular flexibility index (Phi) is 5.58. The number of carbonyl (C=O) groups excluding carboxylic acids is 2. The maximum atomic E-state index is 12.0. The number of nitrogen functional groups attached to an aromatic ring is 1. The second kappa shape index (κ2) is 8.25. The van der Waals surface area contributed by atoms with E-state index in [2.05, 4.69) is 30.6 Å². The van der Waals surface area contributed by atoms with Crippen LogP contribution in [0.5, 0.6) is 0 Å². The Labute approximate surface area is 159 Å². The molecule has 10 heteroatoms. The van der Waals surface area contributed by atoms with E-state index in [1.165, 1.54) is 13.1 Å². The number of carbonyl (C=O) groups is 2. The SMILES string of the molecule is CC(=O)CCNC(=O)c1ccc(NCc2cnc3nc(N)[nH]c(=O)c3n2)cc1. The predicted molar refractivity (Wildman–Crippen MR) is 104 cm³/mol. The van der Waals surface area contributed by atoms with Gasteiger partial charge in [0.05, 0.1) is 18.4 Å². The fraction of sp³-hybridized carbons (Fsp3) is 0.222. The number of ketones is 1. The number of benzene rings is 1. The maximum Gasteiger partial charge on any atom is 0.280 e. The number of Topliss-reactive ketones (excluding diaryl/α,β-unsaturated/α-hetero) is 1. The number of fused-ring (bicyclic) bond motifs is 1. The van der Waals surface area contributed by atoms with Crippen LogP contribution >= 0.6 is 0 Å². The van der Waals surface area contributed by atoms with Crippen LogP contribution in [-0.2, 0) is 11.3 Å². The third-order valence-corrected chi connectivity index (χ3v) is 3.87. The number of nitrogens with two attached hydrogens (primary N) is 1. The van der Waals surface area contributed by atoms with Crippen LogP contribution in [0.25, 0.3) is 11.2 Å². The highest BCUT2D eigenvalue weighted by Gasteiger charge is 2.08. The molecule has 0 saturated heterocycles. The van der Waals surface area contributed by atoms with E-state index in [4.69, 9.17) is 5.73 Å². The Morgan fingerprint density at radius 3 is 2.64 bits per heavy atom. The summed E-state index contributed by atoms with van der Waals surface area (Å²) in [6.07, 6.45) is 1.82. The number of H-pyrrole nitrogens is 1. The van der Waals surface area contributed by atoms with E-state index in [-0.39, 0.29) is 28.8 Å². The van der Waals surface area contributed by atoms with Crippen molar-refractivity contribution in [3.63, 3.8) is 0 Å². The minimum atomic E-state index is -0.447. The third kappa shape index (κ3) is 4.67. The van der Waals surface area contributed by atoms with Crippen molar-refractivity contribution in [2.24, 2.45) is 0 Å². The monoisotopic (exact) mass is 381 g/mol. The van der Waals surface area contributed by atoms with Gasteiger partial charge in [0.15, 0.2) is 11.2 Å². The first kappa shape index (κ1) is 19.0. The first-order valence-corrected chi connectivity index (χ1v) is 8.55. The topological polar surface area (TPSA) is 156 Å². The number of rotatable bonds is 7. The van der Waals surface area contributed by atoms with Crippen molar-refractivity contribution in [1.82, 2.24) is 25.3 Å². The molecule has 5 N–H and O–H groups in total. The van der Waals surface area contributed by atoms with Gasteiger partial charge in [-0.25, -0.2) is 9.97 Å². The summed E-state index contributed by atoms with van der Waals surface area (Å²) in [7, 11) is 0. The number of anilines is 2. The van der Waals surface area contributed by atoms with Crippen molar-refractivity contribution in [2.45, 2.75) is 19.9 Å². The average molecular weight is 381 g/mol. The molecule has 0 bridgehead atoms. The summed E-state index contributed by atoms with van der Waals surface area (Å²) in [5, 5.41) is 5.83. The summed E-state index contributed by atoms with van der Waals surface area (Å²) in [5.74, 6) is -0.222. The number of amides is 1. The van der Waals surface area contributed by atoms with Gasteiger partial charge in [0.2, 0.25) is 5.95 Å². The number of hydrogen-bond donors (Lipinski definition) is 4. The lowest BCUT2D eigenvalue weighted by molar-refractivity contribution is -0.116. The van der Waals surface area contributed by atoms with E-state index in [1.54, 1.807) is 24.3 Å². The van der Waals surface area contributed by atoms with Crippen LogP contribution in [0.1, 0.15) is 29.4 Å². The van der Waals surface area contributed by atoms with E-state index in [9.17, 15) is 14.4 Å². The Morgan fingerprint density at radius 2 is 1.93 bits per heavy atom. The van der Waals surface area contributed by atoms with Gasteiger partial charge < -0.3 is 16.4 Å². The smallest absolute Gasteiger partial charge is 0.280 e. The van der Waals surface area contributed by atoms with Crippen LogP contribution < -0.4 is 21.9 Å². The van der Waals surface area contributed by atoms with Gasteiger partial charge in [-0.3, -0.25) is 19.4 Å². The lowest BCUT2D eigenvalue weighted by Gasteiger charge is -2.08. The van der Waals surface area contributed by atoms with Gasteiger partial charge in [-0.1, -0.05) is 0 Å². The molecule has 0 aliphatic rings. The zero-order chi connectivity index (χ0) is 20.1. The number of hydrogen-bond acceptors (Lipinski definition) is 8. The van der Waals surface area contributed by atoms with E-state index in [0.717, 1.165) is 5.69 Å². The average Bonchev–Trinajstić information content (AvgIpc) is 2.66. The fourth-order valence-corrected chi connectivity index (χ4v) is 2.44. The molecule has 0 aliphatic heterocycles. The molecular weight excluding hydrogens is 362 g/mol. The highest BCUT2D eigenvalue weighted by molar-refractivity contribution is 5.94. The predicted octanol–water partition coefficient (Wildman–Crippen LogP) is 0.616. The molecule has 0 unspecified atom stereocenters. The molecule has 0 aliphatic carbocycles. The first-order valence-electron chi connectivity index (χ1n) is 8.55. The molecule has 3 aromatic rings. The summed E-state index contributed by atoms with van der Waals surface area (Å²) in [5.41, 5.74) is 7.15. The van der Waals surface area contributed by atoms with E-state index < -0.39 is 5.56 Å². The molecule has 10 nitrogen and oxygen atoms in total. The standard InChI is InChI=1S/C18H19N7O3/c1-10(26)6-7-20-16(27)11-2-4-12(5-3-11)21-8-13-9-22-15-14(23-13)17(28)25-18(19)24-15/h2-5,9,21H,6-8H2,1H3,(H,20,27)(H3,19,22,24,25,28). The van der Waals surface area contributed by atoms with Crippen molar-refractivity contribution in [3.8, 4) is 0 Å². The van der Waals surface area contributed by atoms with Gasteiger partial charge in [0, 0.05) is 24.2 Å². The number of nitrogens with zero attached hydrogens (tertiary/aromatic N) is 3. The zero-order valence-electron chi connectivity index (χ0n) is 15.2. The Bertz CT molecular complexity index is 1080. The number of nitrogens with one attached hydrogen (secondary N) is 3. The molecule has 0 atom stereocenters. The fourth-order valence-electron chi connectivity index (χ4n) is 2.44. The molecule has 3 rings (SSSR count). The van der Waals surface area contributed by atoms with Gasteiger partial charge in [-0.15, -0.1) is 0 Å². The zero-order valence-corrected chi connectivity index (χ0v) is 15.2.